The predicted molar refractivity (Wildman–Crippen MR) is 201 cm³/mol. The molecule has 3 atom stereocenters. The average Bonchev–Trinajstić information content (AvgIpc) is 3.77. The van der Waals surface area contributed by atoms with Gasteiger partial charge >= 0.3 is 0 Å². The van der Waals surface area contributed by atoms with E-state index in [9.17, 15) is 0 Å². The van der Waals surface area contributed by atoms with E-state index < -0.39 is 0 Å². The Morgan fingerprint density at radius 1 is 0.600 bits per heavy atom. The average molecular weight is 648 g/mol. The molecule has 4 aromatic carbocycles. The Morgan fingerprint density at radius 2 is 1.36 bits per heavy atom. The lowest BCUT2D eigenvalue weighted by molar-refractivity contribution is 0.279. The Hall–Kier alpha value is -6.07. The van der Waals surface area contributed by atoms with Gasteiger partial charge in [-0.25, -0.2) is 15.0 Å². The van der Waals surface area contributed by atoms with Crippen molar-refractivity contribution >= 4 is 33.1 Å². The summed E-state index contributed by atoms with van der Waals surface area (Å²) in [6.07, 6.45) is 24.2. The first-order valence-electron chi connectivity index (χ1n) is 17.4. The summed E-state index contributed by atoms with van der Waals surface area (Å²) in [4.78, 5) is 15.7. The van der Waals surface area contributed by atoms with Gasteiger partial charge in [0.2, 0.25) is 0 Å². The van der Waals surface area contributed by atoms with Crippen molar-refractivity contribution < 1.29 is 9.15 Å². The highest BCUT2D eigenvalue weighted by Crippen LogP contribution is 2.46. The number of fused-ring (bicyclic) bond motifs is 6. The van der Waals surface area contributed by atoms with Crippen molar-refractivity contribution in [2.75, 3.05) is 0 Å². The van der Waals surface area contributed by atoms with Crippen LogP contribution in [0.5, 0.6) is 5.75 Å². The van der Waals surface area contributed by atoms with E-state index in [1.165, 1.54) is 5.56 Å². The topological polar surface area (TPSA) is 61.0 Å². The molecule has 2 aromatic heterocycles. The van der Waals surface area contributed by atoms with E-state index in [0.29, 0.717) is 17.6 Å². The van der Waals surface area contributed by atoms with Gasteiger partial charge in [-0.3, -0.25) is 0 Å². The monoisotopic (exact) mass is 647 g/mol. The van der Waals surface area contributed by atoms with Crippen molar-refractivity contribution in [1.82, 2.24) is 15.0 Å². The van der Waals surface area contributed by atoms with Crippen molar-refractivity contribution in [2.24, 2.45) is 0 Å². The molecule has 0 N–H and O–H groups in total. The number of nitrogens with zero attached hydrogens (tertiary/aromatic N) is 3. The standard InChI is InChI=1S/C45H33N3O2/c1-3-12-28(13-4-1)29-22-24-30(25-23-29)32-26-27-36(41-34-17-8-10-20-38(34)50-42(32)41)45-47-43(31-14-5-2-6-15-31)46-44(48-45)35-18-11-21-39-40(35)33-16-7-9-19-37(33)49-39/h1-12,14,16-20,22-28,31,39H,13,15,21H2/t28-,31?,39?/m1/s1. The van der Waals surface area contributed by atoms with E-state index >= 15 is 0 Å². The van der Waals surface area contributed by atoms with Gasteiger partial charge in [-0.2, -0.15) is 0 Å². The molecular formula is C45H33N3O2. The maximum absolute atomic E-state index is 6.69. The first kappa shape index (κ1) is 28.9. The van der Waals surface area contributed by atoms with Gasteiger partial charge in [0.25, 0.3) is 0 Å². The lowest BCUT2D eigenvalue weighted by Crippen LogP contribution is -2.16. The molecule has 5 heteroatoms. The molecule has 0 spiro atoms. The number of furan rings is 1. The second kappa shape index (κ2) is 11.8. The summed E-state index contributed by atoms with van der Waals surface area (Å²) in [6, 6.07) is 29.8. The largest absolute Gasteiger partial charge is 0.485 e. The normalized spacial score (nSPS) is 20.4. The van der Waals surface area contributed by atoms with Gasteiger partial charge in [-0.05, 0) is 48.2 Å². The Kier molecular flexibility index (Phi) is 6.83. The highest BCUT2D eigenvalue weighted by Gasteiger charge is 2.33. The second-order valence-electron chi connectivity index (χ2n) is 13.3. The summed E-state index contributed by atoms with van der Waals surface area (Å²) in [7, 11) is 0. The van der Waals surface area contributed by atoms with Crippen LogP contribution in [0.3, 0.4) is 0 Å². The van der Waals surface area contributed by atoms with Gasteiger partial charge in [0.15, 0.2) is 11.6 Å². The van der Waals surface area contributed by atoms with Crippen LogP contribution >= 0.6 is 0 Å². The molecule has 240 valence electrons. The molecule has 0 amide bonds. The highest BCUT2D eigenvalue weighted by molar-refractivity contribution is 6.15. The number of allylic oxidation sites excluding steroid dienone is 10. The molecule has 0 saturated heterocycles. The highest BCUT2D eigenvalue weighted by atomic mass is 16.5. The van der Waals surface area contributed by atoms with Gasteiger partial charge in [0, 0.05) is 56.9 Å². The van der Waals surface area contributed by atoms with Crippen LogP contribution in [0.15, 0.2) is 150 Å². The fourth-order valence-corrected chi connectivity index (χ4v) is 7.81. The third-order valence-electron chi connectivity index (χ3n) is 10.3. The minimum atomic E-state index is -0.0608. The second-order valence-corrected chi connectivity index (χ2v) is 13.3. The molecule has 3 heterocycles. The molecule has 1 aliphatic heterocycles. The van der Waals surface area contributed by atoms with Crippen molar-refractivity contribution in [3.05, 3.63) is 168 Å². The van der Waals surface area contributed by atoms with E-state index in [4.69, 9.17) is 24.1 Å². The molecule has 2 unspecified atom stereocenters. The van der Waals surface area contributed by atoms with Crippen LogP contribution in [0.4, 0.5) is 0 Å². The van der Waals surface area contributed by atoms with E-state index in [1.807, 2.05) is 24.3 Å². The summed E-state index contributed by atoms with van der Waals surface area (Å²) in [5.74, 6) is 3.42. The van der Waals surface area contributed by atoms with Gasteiger partial charge < -0.3 is 9.15 Å². The summed E-state index contributed by atoms with van der Waals surface area (Å²) in [5.41, 5.74) is 9.30. The Labute approximate surface area is 290 Å². The van der Waals surface area contributed by atoms with E-state index in [1.54, 1.807) is 0 Å². The number of hydrogen-bond donors (Lipinski definition) is 0. The molecule has 0 radical (unpaired) electrons. The molecule has 5 nitrogen and oxygen atoms in total. The summed E-state index contributed by atoms with van der Waals surface area (Å²) < 4.78 is 13.1. The van der Waals surface area contributed by atoms with Crippen LogP contribution in [-0.2, 0) is 0 Å². The first-order valence-corrected chi connectivity index (χ1v) is 17.4. The Morgan fingerprint density at radius 3 is 2.20 bits per heavy atom. The van der Waals surface area contributed by atoms with Gasteiger partial charge in [-0.1, -0.05) is 121 Å². The maximum atomic E-state index is 6.69. The lowest BCUT2D eigenvalue weighted by Gasteiger charge is -2.19. The molecule has 0 saturated carbocycles. The number of hydrogen-bond acceptors (Lipinski definition) is 5. The van der Waals surface area contributed by atoms with Crippen LogP contribution in [0.25, 0.3) is 55.6 Å². The van der Waals surface area contributed by atoms with Gasteiger partial charge in [0.05, 0.1) is 0 Å². The van der Waals surface area contributed by atoms with E-state index in [2.05, 4.69) is 121 Å². The minimum absolute atomic E-state index is 0.0467. The van der Waals surface area contributed by atoms with Crippen molar-refractivity contribution in [3.8, 4) is 28.3 Å². The zero-order valence-corrected chi connectivity index (χ0v) is 27.4. The molecule has 0 fully saturated rings. The number of para-hydroxylation sites is 2. The number of aromatic nitrogens is 3. The quantitative estimate of drug-likeness (QED) is 0.186. The molecule has 6 aromatic rings. The van der Waals surface area contributed by atoms with Crippen LogP contribution in [0.1, 0.15) is 53.9 Å². The van der Waals surface area contributed by atoms with Crippen molar-refractivity contribution in [1.29, 1.82) is 0 Å². The van der Waals surface area contributed by atoms with Crippen LogP contribution in [0.2, 0.25) is 0 Å². The SMILES string of the molecule is C1=CCC(c2nc(C3=C4c5ccccc5OC4CC=C3)nc(-c3ccc(-c4ccc([C@@H]5C=CC=CC5)cc4)c4oc5ccccc5c34)n2)C=C1. The molecule has 4 aliphatic rings. The van der Waals surface area contributed by atoms with E-state index in [0.717, 1.165) is 86.2 Å². The van der Waals surface area contributed by atoms with Crippen LogP contribution in [0, 0.1) is 0 Å². The molecule has 3 aliphatic carbocycles. The van der Waals surface area contributed by atoms with Gasteiger partial charge in [0.1, 0.15) is 28.8 Å². The predicted octanol–water partition coefficient (Wildman–Crippen LogP) is 10.9. The summed E-state index contributed by atoms with van der Waals surface area (Å²) in [6.45, 7) is 0. The Balaban J connectivity index is 1.17. The fraction of sp³-hybridized carbons (Fsp3) is 0.133. The maximum Gasteiger partial charge on any atom is 0.164 e. The van der Waals surface area contributed by atoms with Crippen molar-refractivity contribution in [2.45, 2.75) is 37.2 Å². The molecular weight excluding hydrogens is 615 g/mol. The van der Waals surface area contributed by atoms with Crippen LogP contribution < -0.4 is 4.74 Å². The zero-order chi connectivity index (χ0) is 33.0. The summed E-state index contributed by atoms with van der Waals surface area (Å²) in [5, 5.41) is 2.05. The van der Waals surface area contributed by atoms with Crippen molar-refractivity contribution in [3.63, 3.8) is 0 Å². The number of ether oxygens (including phenoxy) is 1. The van der Waals surface area contributed by atoms with E-state index in [-0.39, 0.29) is 12.0 Å². The van der Waals surface area contributed by atoms with Crippen LogP contribution in [-0.4, -0.2) is 21.1 Å². The molecule has 0 bridgehead atoms. The third kappa shape index (κ3) is 4.80. The molecule has 10 rings (SSSR count). The third-order valence-corrected chi connectivity index (χ3v) is 10.3. The minimum Gasteiger partial charge on any atom is -0.485 e. The Bertz CT molecular complexity index is 2510. The summed E-state index contributed by atoms with van der Waals surface area (Å²) >= 11 is 0. The first-order chi connectivity index (χ1) is 24.8. The smallest absolute Gasteiger partial charge is 0.164 e. The number of rotatable bonds is 5. The zero-order valence-electron chi connectivity index (χ0n) is 27.4. The fourth-order valence-electron chi connectivity index (χ4n) is 7.81. The molecule has 50 heavy (non-hydrogen) atoms. The van der Waals surface area contributed by atoms with Gasteiger partial charge in [-0.15, -0.1) is 0 Å². The number of benzene rings is 4. The lowest BCUT2D eigenvalue weighted by atomic mass is 9.90.